The van der Waals surface area contributed by atoms with Crippen molar-refractivity contribution in [2.45, 2.75) is 6.42 Å². The van der Waals surface area contributed by atoms with Crippen LogP contribution in [0.2, 0.25) is 0 Å². The number of esters is 1. The zero-order chi connectivity index (χ0) is 12.8. The van der Waals surface area contributed by atoms with Gasteiger partial charge in [-0.2, -0.15) is 8.78 Å². The predicted molar refractivity (Wildman–Crippen MR) is 56.1 cm³/mol. The van der Waals surface area contributed by atoms with Crippen LogP contribution >= 0.6 is 0 Å². The lowest BCUT2D eigenvalue weighted by molar-refractivity contribution is 0.0503. The van der Waals surface area contributed by atoms with Crippen molar-refractivity contribution in [2.24, 2.45) is 0 Å². The van der Waals surface area contributed by atoms with Crippen molar-refractivity contribution in [1.82, 2.24) is 0 Å². The first-order valence-electron chi connectivity index (χ1n) is 4.73. The molecule has 0 saturated carbocycles. The van der Waals surface area contributed by atoms with Gasteiger partial charge in [0.25, 0.3) is 0 Å². The lowest BCUT2D eigenvalue weighted by atomic mass is 10.2. The Balaban J connectivity index is 2.52. The van der Waals surface area contributed by atoms with Gasteiger partial charge in [0.2, 0.25) is 0 Å². The molecule has 2 N–H and O–H groups in total. The van der Waals surface area contributed by atoms with Crippen LogP contribution in [-0.4, -0.2) is 12.6 Å². The van der Waals surface area contributed by atoms with Gasteiger partial charge in [-0.25, -0.2) is 9.18 Å². The normalized spacial score (nSPS) is 9.82. The lowest BCUT2D eigenvalue weighted by Crippen LogP contribution is -2.09. The average Bonchev–Trinajstić information content (AvgIpc) is 2.29. The maximum absolute atomic E-state index is 12.4. The fourth-order valence-electron chi connectivity index (χ4n) is 1.09. The zero-order valence-electron chi connectivity index (χ0n) is 8.75. The van der Waals surface area contributed by atoms with Crippen LogP contribution < -0.4 is 5.73 Å². The molecule has 92 valence electrons. The van der Waals surface area contributed by atoms with E-state index in [0.29, 0.717) is 0 Å². The molecule has 0 fully saturated rings. The highest BCUT2D eigenvalue weighted by Crippen LogP contribution is 2.15. The van der Waals surface area contributed by atoms with Crippen LogP contribution in [0.3, 0.4) is 0 Å². The minimum Gasteiger partial charge on any atom is -0.462 e. The Labute approximate surface area is 95.7 Å². The lowest BCUT2D eigenvalue weighted by Gasteiger charge is -2.05. The van der Waals surface area contributed by atoms with Crippen molar-refractivity contribution in [3.05, 3.63) is 41.7 Å². The predicted octanol–water partition coefficient (Wildman–Crippen LogP) is 2.89. The van der Waals surface area contributed by atoms with Gasteiger partial charge in [0.1, 0.15) is 0 Å². The number of anilines is 1. The summed E-state index contributed by atoms with van der Waals surface area (Å²) in [5.41, 5.74) is 5.83. The molecular weight excluding hydrogens is 235 g/mol. The summed E-state index contributed by atoms with van der Waals surface area (Å²) < 4.78 is 40.3. The number of nitrogens with two attached hydrogens (primary N) is 1. The Morgan fingerprint density at radius 2 is 1.88 bits per heavy atom. The van der Waals surface area contributed by atoms with Gasteiger partial charge in [-0.3, -0.25) is 0 Å². The van der Waals surface area contributed by atoms with Crippen molar-refractivity contribution in [2.75, 3.05) is 12.3 Å². The van der Waals surface area contributed by atoms with E-state index in [1.54, 1.807) is 12.1 Å². The number of halogens is 3. The summed E-state index contributed by atoms with van der Waals surface area (Å²) in [5.74, 6) is -2.35. The maximum atomic E-state index is 12.4. The molecule has 0 bridgehead atoms. The van der Waals surface area contributed by atoms with Crippen LogP contribution in [0.5, 0.6) is 0 Å². The third-order valence-electron chi connectivity index (χ3n) is 1.94. The van der Waals surface area contributed by atoms with Gasteiger partial charge < -0.3 is 10.5 Å². The number of benzene rings is 1. The van der Waals surface area contributed by atoms with E-state index in [0.717, 1.165) is 0 Å². The summed E-state index contributed by atoms with van der Waals surface area (Å²) in [7, 11) is 0. The Morgan fingerprint density at radius 1 is 1.24 bits per heavy atom. The van der Waals surface area contributed by atoms with E-state index >= 15 is 0 Å². The highest BCUT2D eigenvalue weighted by Gasteiger charge is 2.11. The number of para-hydroxylation sites is 1. The Hall–Kier alpha value is -1.98. The Bertz CT molecular complexity index is 442. The van der Waals surface area contributed by atoms with Crippen LogP contribution in [0.4, 0.5) is 18.9 Å². The maximum Gasteiger partial charge on any atom is 0.340 e. The van der Waals surface area contributed by atoms with E-state index in [1.165, 1.54) is 12.1 Å². The third kappa shape index (κ3) is 3.82. The van der Waals surface area contributed by atoms with Crippen LogP contribution in [0.1, 0.15) is 16.8 Å². The number of ether oxygens (including phenoxy) is 1. The molecule has 0 spiro atoms. The Kier molecular flexibility index (Phi) is 4.56. The summed E-state index contributed by atoms with van der Waals surface area (Å²) in [4.78, 5) is 11.4. The van der Waals surface area contributed by atoms with Gasteiger partial charge in [0, 0.05) is 12.1 Å². The van der Waals surface area contributed by atoms with Gasteiger partial charge in [-0.1, -0.05) is 12.1 Å². The van der Waals surface area contributed by atoms with Crippen molar-refractivity contribution >= 4 is 11.7 Å². The van der Waals surface area contributed by atoms with Crippen LogP contribution in [0, 0.1) is 0 Å². The first-order chi connectivity index (χ1) is 8.02. The molecule has 0 amide bonds. The minimum atomic E-state index is -2.40. The number of carbonyl (C=O) groups is 1. The number of rotatable bonds is 4. The van der Waals surface area contributed by atoms with Crippen molar-refractivity contribution in [3.63, 3.8) is 0 Å². The summed E-state index contributed by atoms with van der Waals surface area (Å²) >= 11 is 0. The van der Waals surface area contributed by atoms with Crippen molar-refractivity contribution in [3.8, 4) is 0 Å². The standard InChI is InChI=1S/C11H10F3NO2/c12-8(10(13)14)5-6-17-11(16)7-3-1-2-4-9(7)15/h1-4H,5-6,15H2. The number of hydrogen-bond donors (Lipinski definition) is 1. The van der Waals surface area contributed by atoms with Gasteiger partial charge in [0.05, 0.1) is 12.2 Å². The molecule has 1 rings (SSSR count). The van der Waals surface area contributed by atoms with Gasteiger partial charge in [-0.05, 0) is 12.1 Å². The Morgan fingerprint density at radius 3 is 2.47 bits per heavy atom. The van der Waals surface area contributed by atoms with Crippen LogP contribution in [0.25, 0.3) is 0 Å². The van der Waals surface area contributed by atoms with E-state index in [9.17, 15) is 18.0 Å². The summed E-state index contributed by atoms with van der Waals surface area (Å²) in [6, 6.07) is 6.14. The molecule has 0 atom stereocenters. The first kappa shape index (κ1) is 13.1. The molecule has 0 aliphatic rings. The van der Waals surface area contributed by atoms with E-state index in [-0.39, 0.29) is 11.3 Å². The second kappa shape index (κ2) is 5.93. The van der Waals surface area contributed by atoms with Crippen LogP contribution in [-0.2, 0) is 4.74 Å². The number of hydrogen-bond acceptors (Lipinski definition) is 3. The van der Waals surface area contributed by atoms with Crippen LogP contribution in [0.15, 0.2) is 36.2 Å². The van der Waals surface area contributed by atoms with Gasteiger partial charge >= 0.3 is 12.0 Å². The number of carbonyl (C=O) groups excluding carboxylic acids is 1. The van der Waals surface area contributed by atoms with Gasteiger partial charge in [-0.15, -0.1) is 0 Å². The fraction of sp³-hybridized carbons (Fsp3) is 0.182. The van der Waals surface area contributed by atoms with Crippen molar-refractivity contribution in [1.29, 1.82) is 0 Å². The molecule has 17 heavy (non-hydrogen) atoms. The molecule has 0 radical (unpaired) electrons. The average molecular weight is 245 g/mol. The molecular formula is C11H10F3NO2. The van der Waals surface area contributed by atoms with E-state index in [1.807, 2.05) is 0 Å². The molecule has 6 heteroatoms. The quantitative estimate of drug-likeness (QED) is 0.655. The van der Waals surface area contributed by atoms with E-state index in [2.05, 4.69) is 4.74 Å². The third-order valence-corrected chi connectivity index (χ3v) is 1.94. The fourth-order valence-corrected chi connectivity index (χ4v) is 1.09. The van der Waals surface area contributed by atoms with E-state index in [4.69, 9.17) is 5.73 Å². The van der Waals surface area contributed by atoms with E-state index < -0.39 is 30.9 Å². The second-order valence-corrected chi connectivity index (χ2v) is 3.14. The molecule has 1 aromatic rings. The highest BCUT2D eigenvalue weighted by molar-refractivity contribution is 5.94. The smallest absolute Gasteiger partial charge is 0.340 e. The molecule has 0 aromatic heterocycles. The van der Waals surface area contributed by atoms with Gasteiger partial charge in [0.15, 0.2) is 5.83 Å². The first-order valence-corrected chi connectivity index (χ1v) is 4.73. The molecule has 0 aliphatic carbocycles. The number of nitrogen functional groups attached to an aromatic ring is 1. The monoisotopic (exact) mass is 245 g/mol. The highest BCUT2D eigenvalue weighted by atomic mass is 19.3. The molecule has 0 unspecified atom stereocenters. The zero-order valence-corrected chi connectivity index (χ0v) is 8.75. The largest absolute Gasteiger partial charge is 0.462 e. The van der Waals surface area contributed by atoms with Crippen molar-refractivity contribution < 1.29 is 22.7 Å². The molecule has 1 aromatic carbocycles. The topological polar surface area (TPSA) is 52.3 Å². The summed E-state index contributed by atoms with van der Waals surface area (Å²) in [5, 5.41) is 0. The molecule has 0 heterocycles. The SMILES string of the molecule is Nc1ccccc1C(=O)OCCC(F)=C(F)F. The molecule has 0 saturated heterocycles. The summed E-state index contributed by atoms with van der Waals surface area (Å²) in [6.07, 6.45) is -3.05. The minimum absolute atomic E-state index is 0.123. The molecule has 0 aliphatic heterocycles. The molecule has 3 nitrogen and oxygen atoms in total. The summed E-state index contributed by atoms with van der Waals surface area (Å²) in [6.45, 7) is -0.462. The second-order valence-electron chi connectivity index (χ2n) is 3.14.